The van der Waals surface area contributed by atoms with Gasteiger partial charge in [-0.3, -0.25) is 4.57 Å². The molecule has 156 valence electrons. The van der Waals surface area contributed by atoms with E-state index in [1.807, 2.05) is 0 Å². The first kappa shape index (κ1) is 20.9. The normalized spacial score (nSPS) is 24.9. The maximum Gasteiger partial charge on any atom is 0.167 e. The van der Waals surface area contributed by atoms with Crippen molar-refractivity contribution in [1.82, 2.24) is 19.5 Å². The summed E-state index contributed by atoms with van der Waals surface area (Å²) >= 11 is 0. The number of anilines is 1. The standard InChI is InChI=1S/C19H31N5O4/c1-3-4-5-6-7-8-9-27-16-15(26)13(10-25)28-19(16)24-12-23-14-17(20-2)21-11-22-18(14)24/h11-13,15-16,19,25-26H,3-10H2,1-2H3,(H,20,21,22)/t13-,15-,16-,19-/m1/s1. The van der Waals surface area contributed by atoms with Gasteiger partial charge in [0.05, 0.1) is 12.9 Å². The van der Waals surface area contributed by atoms with E-state index >= 15 is 0 Å². The van der Waals surface area contributed by atoms with Crippen molar-refractivity contribution in [3.8, 4) is 0 Å². The molecule has 3 N–H and O–H groups in total. The third-order valence-corrected chi connectivity index (χ3v) is 5.17. The van der Waals surface area contributed by atoms with Gasteiger partial charge in [0.25, 0.3) is 0 Å². The van der Waals surface area contributed by atoms with Gasteiger partial charge in [0.2, 0.25) is 0 Å². The molecule has 2 aromatic rings. The van der Waals surface area contributed by atoms with Crippen LogP contribution in [0, 0.1) is 0 Å². The Morgan fingerprint density at radius 1 is 1.18 bits per heavy atom. The third-order valence-electron chi connectivity index (χ3n) is 5.17. The van der Waals surface area contributed by atoms with E-state index in [1.54, 1.807) is 17.9 Å². The molecule has 3 heterocycles. The van der Waals surface area contributed by atoms with Gasteiger partial charge in [-0.1, -0.05) is 39.0 Å². The SMILES string of the molecule is CCCCCCCCO[C@@H]1[C@H](O)[C@@H](CO)O[C@H]1n1cnc2c(NC)ncnc21. The lowest BCUT2D eigenvalue weighted by Crippen LogP contribution is -2.35. The number of hydrogen-bond acceptors (Lipinski definition) is 8. The van der Waals surface area contributed by atoms with Crippen molar-refractivity contribution in [2.75, 3.05) is 25.6 Å². The Morgan fingerprint density at radius 2 is 1.96 bits per heavy atom. The molecule has 0 amide bonds. The van der Waals surface area contributed by atoms with Crippen molar-refractivity contribution in [3.63, 3.8) is 0 Å². The van der Waals surface area contributed by atoms with Crippen molar-refractivity contribution < 1.29 is 19.7 Å². The molecule has 9 heteroatoms. The number of unbranched alkanes of at least 4 members (excludes halogenated alkanes) is 5. The molecule has 1 aliphatic heterocycles. The Morgan fingerprint density at radius 3 is 2.71 bits per heavy atom. The summed E-state index contributed by atoms with van der Waals surface area (Å²) in [5.41, 5.74) is 1.20. The fraction of sp³-hybridized carbons (Fsp3) is 0.737. The molecule has 0 bridgehead atoms. The monoisotopic (exact) mass is 393 g/mol. The Balaban J connectivity index is 1.69. The van der Waals surface area contributed by atoms with Crippen LogP contribution >= 0.6 is 0 Å². The predicted molar refractivity (Wildman–Crippen MR) is 105 cm³/mol. The average Bonchev–Trinajstić information content (AvgIpc) is 3.28. The largest absolute Gasteiger partial charge is 0.394 e. The lowest BCUT2D eigenvalue weighted by atomic mass is 10.1. The lowest BCUT2D eigenvalue weighted by molar-refractivity contribution is -0.0711. The molecule has 3 rings (SSSR count). The van der Waals surface area contributed by atoms with E-state index in [0.29, 0.717) is 23.6 Å². The Labute approximate surface area is 165 Å². The fourth-order valence-corrected chi connectivity index (χ4v) is 3.60. The van der Waals surface area contributed by atoms with Gasteiger partial charge in [0.15, 0.2) is 17.7 Å². The van der Waals surface area contributed by atoms with Crippen LogP contribution in [-0.4, -0.2) is 68.3 Å². The van der Waals surface area contributed by atoms with Gasteiger partial charge in [-0.25, -0.2) is 15.0 Å². The van der Waals surface area contributed by atoms with Crippen LogP contribution in [0.25, 0.3) is 11.2 Å². The van der Waals surface area contributed by atoms with E-state index in [-0.39, 0.29) is 6.61 Å². The number of aliphatic hydroxyl groups is 2. The molecule has 1 saturated heterocycles. The maximum atomic E-state index is 10.6. The second kappa shape index (κ2) is 10.1. The summed E-state index contributed by atoms with van der Waals surface area (Å²) < 4.78 is 13.6. The summed E-state index contributed by atoms with van der Waals surface area (Å²) in [5.74, 6) is 0.616. The van der Waals surface area contributed by atoms with Crippen molar-refractivity contribution in [2.24, 2.45) is 0 Å². The number of aliphatic hydroxyl groups excluding tert-OH is 2. The third kappa shape index (κ3) is 4.43. The molecule has 0 radical (unpaired) electrons. The number of ether oxygens (including phenoxy) is 2. The highest BCUT2D eigenvalue weighted by atomic mass is 16.6. The average molecular weight is 393 g/mol. The molecular weight excluding hydrogens is 362 g/mol. The van der Waals surface area contributed by atoms with Crippen LogP contribution in [-0.2, 0) is 9.47 Å². The maximum absolute atomic E-state index is 10.6. The van der Waals surface area contributed by atoms with E-state index in [1.165, 1.54) is 32.0 Å². The zero-order valence-corrected chi connectivity index (χ0v) is 16.6. The number of rotatable bonds is 11. The molecule has 0 unspecified atom stereocenters. The van der Waals surface area contributed by atoms with Crippen molar-refractivity contribution in [1.29, 1.82) is 0 Å². The van der Waals surface area contributed by atoms with Gasteiger partial charge in [0.1, 0.15) is 30.2 Å². The van der Waals surface area contributed by atoms with Crippen LogP contribution in [0.2, 0.25) is 0 Å². The van der Waals surface area contributed by atoms with E-state index < -0.39 is 24.5 Å². The molecule has 2 aromatic heterocycles. The van der Waals surface area contributed by atoms with E-state index in [9.17, 15) is 10.2 Å². The Hall–Kier alpha value is -1.81. The van der Waals surface area contributed by atoms with Gasteiger partial charge in [-0.15, -0.1) is 0 Å². The fourth-order valence-electron chi connectivity index (χ4n) is 3.60. The number of fused-ring (bicyclic) bond motifs is 1. The number of aromatic nitrogens is 4. The van der Waals surface area contributed by atoms with Gasteiger partial charge in [-0.2, -0.15) is 0 Å². The number of nitrogens with zero attached hydrogens (tertiary/aromatic N) is 4. The molecule has 4 atom stereocenters. The molecule has 28 heavy (non-hydrogen) atoms. The number of imidazole rings is 1. The highest BCUT2D eigenvalue weighted by molar-refractivity contribution is 5.82. The molecule has 0 aromatic carbocycles. The van der Waals surface area contributed by atoms with Crippen molar-refractivity contribution in [3.05, 3.63) is 12.7 Å². The minimum Gasteiger partial charge on any atom is -0.394 e. The van der Waals surface area contributed by atoms with E-state index in [4.69, 9.17) is 9.47 Å². The van der Waals surface area contributed by atoms with Crippen LogP contribution < -0.4 is 5.32 Å². The highest BCUT2D eigenvalue weighted by Gasteiger charge is 2.45. The van der Waals surface area contributed by atoms with Crippen LogP contribution in [0.1, 0.15) is 51.7 Å². The smallest absolute Gasteiger partial charge is 0.167 e. The topological polar surface area (TPSA) is 115 Å². The summed E-state index contributed by atoms with van der Waals surface area (Å²) in [4.78, 5) is 12.9. The summed E-state index contributed by atoms with van der Waals surface area (Å²) in [6, 6.07) is 0. The molecule has 1 aliphatic rings. The highest BCUT2D eigenvalue weighted by Crippen LogP contribution is 2.34. The molecule has 0 spiro atoms. The summed E-state index contributed by atoms with van der Waals surface area (Å²) in [5, 5.41) is 23.1. The van der Waals surface area contributed by atoms with Crippen molar-refractivity contribution >= 4 is 17.0 Å². The van der Waals surface area contributed by atoms with Crippen LogP contribution in [0.5, 0.6) is 0 Å². The predicted octanol–water partition coefficient (Wildman–Crippen LogP) is 1.86. The molecule has 0 aliphatic carbocycles. The van der Waals surface area contributed by atoms with Crippen LogP contribution in [0.15, 0.2) is 12.7 Å². The molecule has 1 fully saturated rings. The van der Waals surface area contributed by atoms with Gasteiger partial charge in [0, 0.05) is 13.7 Å². The van der Waals surface area contributed by atoms with Crippen molar-refractivity contribution in [2.45, 2.75) is 70.0 Å². The first-order valence-corrected chi connectivity index (χ1v) is 10.1. The van der Waals surface area contributed by atoms with Gasteiger partial charge < -0.3 is 25.0 Å². The zero-order chi connectivity index (χ0) is 19.9. The summed E-state index contributed by atoms with van der Waals surface area (Å²) in [6.45, 7) is 2.46. The quantitative estimate of drug-likeness (QED) is 0.496. The van der Waals surface area contributed by atoms with Crippen LogP contribution in [0.3, 0.4) is 0 Å². The minimum absolute atomic E-state index is 0.280. The second-order valence-electron chi connectivity index (χ2n) is 7.14. The minimum atomic E-state index is -0.918. The first-order chi connectivity index (χ1) is 13.7. The Kier molecular flexibility index (Phi) is 7.55. The molecule has 9 nitrogen and oxygen atoms in total. The summed E-state index contributed by atoms with van der Waals surface area (Å²) in [6.07, 6.45) is 7.19. The number of nitrogens with one attached hydrogen (secondary N) is 1. The molecule has 0 saturated carbocycles. The molecular formula is C19H31N5O4. The first-order valence-electron chi connectivity index (χ1n) is 10.1. The number of hydrogen-bond donors (Lipinski definition) is 3. The Bertz CT molecular complexity index is 740. The van der Waals surface area contributed by atoms with Crippen LogP contribution in [0.4, 0.5) is 5.82 Å². The second-order valence-corrected chi connectivity index (χ2v) is 7.14. The lowest BCUT2D eigenvalue weighted by Gasteiger charge is -2.22. The zero-order valence-electron chi connectivity index (χ0n) is 16.6. The van der Waals surface area contributed by atoms with E-state index in [0.717, 1.165) is 12.8 Å². The van der Waals surface area contributed by atoms with Gasteiger partial charge >= 0.3 is 0 Å². The summed E-state index contributed by atoms with van der Waals surface area (Å²) in [7, 11) is 1.77. The van der Waals surface area contributed by atoms with E-state index in [2.05, 4.69) is 27.2 Å². The van der Waals surface area contributed by atoms with Gasteiger partial charge in [-0.05, 0) is 6.42 Å².